The lowest BCUT2D eigenvalue weighted by Gasteiger charge is -2.34. The maximum absolute atomic E-state index is 5.72. The van der Waals surface area contributed by atoms with Crippen molar-refractivity contribution in [2.24, 2.45) is 21.6 Å². The predicted molar refractivity (Wildman–Crippen MR) is 128 cm³/mol. The first-order valence-corrected chi connectivity index (χ1v) is 10.3. The highest BCUT2D eigenvalue weighted by Crippen LogP contribution is 2.23. The Hall–Kier alpha value is -3.15. The minimum atomic E-state index is 0.520. The number of nitrogens with zero attached hydrogens (tertiary/aromatic N) is 4. The molecule has 2 rings (SSSR count). The Bertz CT molecular complexity index is 875. The molecule has 6 heteroatoms. The predicted octanol–water partition coefficient (Wildman–Crippen LogP) is 3.91. The number of piperidine rings is 1. The fourth-order valence-electron chi connectivity index (χ4n) is 3.32. The zero-order valence-corrected chi connectivity index (χ0v) is 18.6. The zero-order chi connectivity index (χ0) is 21.9. The van der Waals surface area contributed by atoms with Crippen molar-refractivity contribution in [2.75, 3.05) is 20.6 Å². The molecular weight excluding hydrogens is 372 g/mol. The zero-order valence-electron chi connectivity index (χ0n) is 18.6. The van der Waals surface area contributed by atoms with Crippen LogP contribution in [0.25, 0.3) is 5.57 Å². The highest BCUT2D eigenvalue weighted by molar-refractivity contribution is 6.08. The van der Waals surface area contributed by atoms with E-state index in [1.54, 1.807) is 19.5 Å². The first-order chi connectivity index (χ1) is 14.5. The van der Waals surface area contributed by atoms with Gasteiger partial charge >= 0.3 is 0 Å². The maximum Gasteiger partial charge on any atom is 0.0734 e. The standard InChI is InChI=1S/C24H34N6/c1-18-8-7-13-30(20(18)3)29-11-6-9-22(19(2)27-5)14-21-10-12-28-24(15-21)23(16-25)17-26-4/h6,9-12,15-18,29H,3,7-8,13-14,25H2,1-2,4-5H3/b11-6+,22-9-,23-16?,26-17?,27-19?. The molecule has 1 aromatic rings. The van der Waals surface area contributed by atoms with E-state index in [1.807, 2.05) is 38.4 Å². The normalized spacial score (nSPS) is 19.2. The molecule has 6 nitrogen and oxygen atoms in total. The van der Waals surface area contributed by atoms with Gasteiger partial charge in [0, 0.05) is 62.4 Å². The summed E-state index contributed by atoms with van der Waals surface area (Å²) >= 11 is 0. The number of hydrogen-bond acceptors (Lipinski definition) is 6. The molecule has 2 heterocycles. The van der Waals surface area contributed by atoms with Crippen LogP contribution in [-0.2, 0) is 6.42 Å². The number of nitrogens with one attached hydrogen (secondary N) is 1. The van der Waals surface area contributed by atoms with Gasteiger partial charge < -0.3 is 11.2 Å². The van der Waals surface area contributed by atoms with Crippen LogP contribution in [0.15, 0.2) is 70.7 Å². The third-order valence-electron chi connectivity index (χ3n) is 5.32. The number of hydrogen-bond donors (Lipinski definition) is 2. The van der Waals surface area contributed by atoms with Crippen LogP contribution in [0.4, 0.5) is 0 Å². The topological polar surface area (TPSA) is 78.9 Å². The van der Waals surface area contributed by atoms with Crippen LogP contribution in [-0.4, -0.2) is 42.6 Å². The smallest absolute Gasteiger partial charge is 0.0734 e. The Morgan fingerprint density at radius 1 is 1.43 bits per heavy atom. The summed E-state index contributed by atoms with van der Waals surface area (Å²) in [5.74, 6) is 0.520. The number of aromatic nitrogens is 1. The van der Waals surface area contributed by atoms with Crippen molar-refractivity contribution in [3.05, 3.63) is 72.0 Å². The van der Waals surface area contributed by atoms with E-state index in [1.165, 1.54) is 19.0 Å². The van der Waals surface area contributed by atoms with Crippen molar-refractivity contribution in [3.8, 4) is 0 Å². The number of aliphatic imine (C=N–C) groups is 2. The van der Waals surface area contributed by atoms with Gasteiger partial charge in [0.1, 0.15) is 0 Å². The average Bonchev–Trinajstić information content (AvgIpc) is 2.76. The molecule has 0 bridgehead atoms. The molecule has 0 amide bonds. The molecule has 1 aromatic heterocycles. The van der Waals surface area contributed by atoms with Gasteiger partial charge in [0.05, 0.1) is 5.69 Å². The summed E-state index contributed by atoms with van der Waals surface area (Å²) < 4.78 is 0. The second-order valence-electron chi connectivity index (χ2n) is 7.41. The Morgan fingerprint density at radius 3 is 2.93 bits per heavy atom. The van der Waals surface area contributed by atoms with E-state index in [0.717, 1.165) is 46.8 Å². The summed E-state index contributed by atoms with van der Waals surface area (Å²) in [6.45, 7) is 9.43. The van der Waals surface area contributed by atoms with E-state index in [4.69, 9.17) is 5.73 Å². The molecule has 0 saturated carbocycles. The van der Waals surface area contributed by atoms with Crippen molar-refractivity contribution < 1.29 is 0 Å². The summed E-state index contributed by atoms with van der Waals surface area (Å²) in [6, 6.07) is 4.05. The number of hydrazine groups is 1. The molecule has 1 aliphatic heterocycles. The molecule has 1 aliphatic rings. The van der Waals surface area contributed by atoms with Gasteiger partial charge in [-0.2, -0.15) is 0 Å². The monoisotopic (exact) mass is 406 g/mol. The second-order valence-corrected chi connectivity index (χ2v) is 7.41. The SMILES string of the molecule is C=C1C(C)CCCN1N/C=C/C=C(/Cc1ccnc(C(C=NC)=CN)c1)C(C)=NC. The Balaban J connectivity index is 2.14. The van der Waals surface area contributed by atoms with E-state index in [2.05, 4.69) is 45.0 Å². The molecule has 160 valence electrons. The summed E-state index contributed by atoms with van der Waals surface area (Å²) in [7, 11) is 3.53. The Kier molecular flexibility index (Phi) is 9.06. The molecule has 0 aliphatic carbocycles. The van der Waals surface area contributed by atoms with E-state index < -0.39 is 0 Å². The number of pyridine rings is 1. The third-order valence-corrected chi connectivity index (χ3v) is 5.32. The molecule has 0 spiro atoms. The lowest BCUT2D eigenvalue weighted by Crippen LogP contribution is -2.39. The van der Waals surface area contributed by atoms with Crippen LogP contribution in [0.1, 0.15) is 37.9 Å². The molecule has 30 heavy (non-hydrogen) atoms. The number of rotatable bonds is 8. The summed E-state index contributed by atoms with van der Waals surface area (Å²) in [5.41, 5.74) is 15.1. The lowest BCUT2D eigenvalue weighted by atomic mass is 9.98. The maximum atomic E-state index is 5.72. The number of nitrogens with two attached hydrogens (primary N) is 1. The minimum absolute atomic E-state index is 0.520. The average molecular weight is 407 g/mol. The van der Waals surface area contributed by atoms with Crippen molar-refractivity contribution in [3.63, 3.8) is 0 Å². The molecule has 1 saturated heterocycles. The van der Waals surface area contributed by atoms with Gasteiger partial charge in [-0.15, -0.1) is 0 Å². The molecule has 1 unspecified atom stereocenters. The van der Waals surface area contributed by atoms with Gasteiger partial charge in [-0.1, -0.05) is 19.6 Å². The Morgan fingerprint density at radius 2 is 2.23 bits per heavy atom. The van der Waals surface area contributed by atoms with Crippen molar-refractivity contribution in [1.29, 1.82) is 0 Å². The molecule has 0 aromatic carbocycles. The van der Waals surface area contributed by atoms with E-state index >= 15 is 0 Å². The highest BCUT2D eigenvalue weighted by Gasteiger charge is 2.18. The van der Waals surface area contributed by atoms with Gasteiger partial charge in [-0.25, -0.2) is 0 Å². The largest absolute Gasteiger partial charge is 0.404 e. The Labute approximate surface area is 180 Å². The fourth-order valence-corrected chi connectivity index (χ4v) is 3.32. The van der Waals surface area contributed by atoms with Crippen LogP contribution in [0.2, 0.25) is 0 Å². The van der Waals surface area contributed by atoms with Gasteiger partial charge in [0.2, 0.25) is 0 Å². The van der Waals surface area contributed by atoms with Gasteiger partial charge in [0.15, 0.2) is 0 Å². The van der Waals surface area contributed by atoms with Gasteiger partial charge in [-0.05, 0) is 61.4 Å². The van der Waals surface area contributed by atoms with Crippen LogP contribution in [0.5, 0.6) is 0 Å². The van der Waals surface area contributed by atoms with Crippen LogP contribution in [0.3, 0.4) is 0 Å². The first kappa shape index (κ1) is 23.1. The van der Waals surface area contributed by atoms with Crippen LogP contribution in [0, 0.1) is 5.92 Å². The molecule has 1 fully saturated rings. The van der Waals surface area contributed by atoms with Gasteiger partial charge in [-0.3, -0.25) is 20.0 Å². The van der Waals surface area contributed by atoms with E-state index in [9.17, 15) is 0 Å². The van der Waals surface area contributed by atoms with Gasteiger partial charge in [0.25, 0.3) is 0 Å². The highest BCUT2D eigenvalue weighted by atomic mass is 15.5. The lowest BCUT2D eigenvalue weighted by molar-refractivity contribution is 0.209. The minimum Gasteiger partial charge on any atom is -0.404 e. The second kappa shape index (κ2) is 11.8. The molecule has 1 atom stereocenters. The fraction of sp³-hybridized carbons (Fsp3) is 0.375. The molecular formula is C24H34N6. The van der Waals surface area contributed by atoms with Crippen molar-refractivity contribution in [1.82, 2.24) is 15.4 Å². The van der Waals surface area contributed by atoms with Crippen LogP contribution < -0.4 is 11.2 Å². The summed E-state index contributed by atoms with van der Waals surface area (Å²) in [6.07, 6.45) is 14.2. The number of allylic oxidation sites excluding steroid dienone is 5. The quantitative estimate of drug-likeness (QED) is 0.507. The van der Waals surface area contributed by atoms with Crippen LogP contribution >= 0.6 is 0 Å². The third kappa shape index (κ3) is 6.44. The van der Waals surface area contributed by atoms with E-state index in [-0.39, 0.29) is 0 Å². The van der Waals surface area contributed by atoms with Crippen molar-refractivity contribution in [2.45, 2.75) is 33.1 Å². The van der Waals surface area contributed by atoms with E-state index in [0.29, 0.717) is 5.92 Å². The summed E-state index contributed by atoms with van der Waals surface area (Å²) in [4.78, 5) is 12.8. The first-order valence-electron chi connectivity index (χ1n) is 10.3. The molecule has 3 N–H and O–H groups in total. The molecule has 0 radical (unpaired) electrons. The summed E-state index contributed by atoms with van der Waals surface area (Å²) in [5, 5.41) is 2.13. The van der Waals surface area contributed by atoms with Crippen molar-refractivity contribution >= 4 is 17.5 Å².